The Morgan fingerprint density at radius 2 is 1.73 bits per heavy atom. The molecular weight excluding hydrogens is 276 g/mol. The van der Waals surface area contributed by atoms with Gasteiger partial charge in [-0.05, 0) is 37.0 Å². The number of carbonyl (C=O) groups excluding carboxylic acids is 2. The van der Waals surface area contributed by atoms with Crippen molar-refractivity contribution < 1.29 is 9.59 Å². The van der Waals surface area contributed by atoms with Gasteiger partial charge in [-0.1, -0.05) is 32.8 Å². The van der Waals surface area contributed by atoms with Crippen LogP contribution in [0.4, 0.5) is 0 Å². The first-order valence-electron chi connectivity index (χ1n) is 8.25. The highest BCUT2D eigenvalue weighted by atomic mass is 16.2. The van der Waals surface area contributed by atoms with Crippen molar-refractivity contribution in [2.24, 2.45) is 5.92 Å². The number of hydrogen-bond donors (Lipinski definition) is 1. The number of benzene rings is 1. The van der Waals surface area contributed by atoms with E-state index in [2.05, 4.69) is 19.2 Å². The summed E-state index contributed by atoms with van der Waals surface area (Å²) in [4.78, 5) is 26.6. The third kappa shape index (κ3) is 4.58. The predicted octanol–water partition coefficient (Wildman–Crippen LogP) is 3.09. The van der Waals surface area contributed by atoms with Crippen LogP contribution in [-0.4, -0.2) is 36.3 Å². The van der Waals surface area contributed by atoms with Crippen molar-refractivity contribution in [1.29, 1.82) is 0 Å². The third-order valence-corrected chi connectivity index (χ3v) is 3.94. The zero-order chi connectivity index (χ0) is 15.9. The second kappa shape index (κ2) is 7.97. The van der Waals surface area contributed by atoms with E-state index < -0.39 is 0 Å². The first kappa shape index (κ1) is 16.5. The first-order chi connectivity index (χ1) is 10.6. The van der Waals surface area contributed by atoms with Gasteiger partial charge < -0.3 is 10.2 Å². The van der Waals surface area contributed by atoms with Gasteiger partial charge >= 0.3 is 0 Å². The maximum Gasteiger partial charge on any atom is 0.253 e. The summed E-state index contributed by atoms with van der Waals surface area (Å²) in [6.07, 6.45) is 4.53. The number of rotatable bonds is 4. The SMILES string of the molecule is CC(C)CNC(=O)c1cccc(C(=O)N2CCCCCC2)c1. The molecule has 120 valence electrons. The number of carbonyl (C=O) groups is 2. The molecule has 0 atom stereocenters. The Hall–Kier alpha value is -1.84. The topological polar surface area (TPSA) is 49.4 Å². The molecule has 0 unspecified atom stereocenters. The maximum atomic E-state index is 12.6. The Kier molecular flexibility index (Phi) is 5.99. The Morgan fingerprint density at radius 1 is 1.09 bits per heavy atom. The summed E-state index contributed by atoms with van der Waals surface area (Å²) in [5, 5.41) is 2.89. The fourth-order valence-corrected chi connectivity index (χ4v) is 2.65. The fraction of sp³-hybridized carbons (Fsp3) is 0.556. The van der Waals surface area contributed by atoms with Crippen molar-refractivity contribution >= 4 is 11.8 Å². The molecule has 2 amide bonds. The van der Waals surface area contributed by atoms with E-state index in [0.717, 1.165) is 25.9 Å². The number of amides is 2. The average molecular weight is 302 g/mol. The normalized spacial score (nSPS) is 15.5. The van der Waals surface area contributed by atoms with Crippen molar-refractivity contribution in [2.45, 2.75) is 39.5 Å². The van der Waals surface area contributed by atoms with Crippen LogP contribution in [0.3, 0.4) is 0 Å². The van der Waals surface area contributed by atoms with Crippen molar-refractivity contribution in [3.05, 3.63) is 35.4 Å². The van der Waals surface area contributed by atoms with Crippen molar-refractivity contribution in [3.8, 4) is 0 Å². The molecule has 0 bridgehead atoms. The van der Waals surface area contributed by atoms with Gasteiger partial charge in [-0.3, -0.25) is 9.59 Å². The zero-order valence-corrected chi connectivity index (χ0v) is 13.6. The monoisotopic (exact) mass is 302 g/mol. The quantitative estimate of drug-likeness (QED) is 0.929. The molecule has 0 radical (unpaired) electrons. The Morgan fingerprint density at radius 3 is 2.36 bits per heavy atom. The number of nitrogens with one attached hydrogen (secondary N) is 1. The van der Waals surface area contributed by atoms with Gasteiger partial charge in [0.25, 0.3) is 11.8 Å². The van der Waals surface area contributed by atoms with Crippen LogP contribution in [0, 0.1) is 5.92 Å². The van der Waals surface area contributed by atoms with E-state index in [1.165, 1.54) is 12.8 Å². The van der Waals surface area contributed by atoms with E-state index in [-0.39, 0.29) is 11.8 Å². The highest BCUT2D eigenvalue weighted by Crippen LogP contribution is 2.14. The lowest BCUT2D eigenvalue weighted by molar-refractivity contribution is 0.0761. The smallest absolute Gasteiger partial charge is 0.253 e. The summed E-state index contributed by atoms with van der Waals surface area (Å²) in [6.45, 7) is 6.40. The lowest BCUT2D eigenvalue weighted by atomic mass is 10.1. The highest BCUT2D eigenvalue weighted by Gasteiger charge is 2.18. The van der Waals surface area contributed by atoms with Crippen LogP contribution in [0.2, 0.25) is 0 Å². The average Bonchev–Trinajstić information content (AvgIpc) is 2.81. The van der Waals surface area contributed by atoms with Gasteiger partial charge in [0.1, 0.15) is 0 Å². The summed E-state index contributed by atoms with van der Waals surface area (Å²) in [5.41, 5.74) is 1.17. The van der Waals surface area contributed by atoms with Gasteiger partial charge in [-0.25, -0.2) is 0 Å². The zero-order valence-electron chi connectivity index (χ0n) is 13.6. The molecule has 1 aliphatic heterocycles. The Labute approximate surface area is 132 Å². The molecule has 1 aromatic rings. The van der Waals surface area contributed by atoms with Crippen LogP contribution in [0.25, 0.3) is 0 Å². The second-order valence-electron chi connectivity index (χ2n) is 6.39. The summed E-state index contributed by atoms with van der Waals surface area (Å²) in [5.74, 6) is 0.338. The minimum Gasteiger partial charge on any atom is -0.352 e. The molecule has 0 aliphatic carbocycles. The molecule has 22 heavy (non-hydrogen) atoms. The van der Waals surface area contributed by atoms with Crippen LogP contribution < -0.4 is 5.32 Å². The van der Waals surface area contributed by atoms with Gasteiger partial charge in [0.2, 0.25) is 0 Å². The Bertz CT molecular complexity index is 518. The molecule has 1 aromatic carbocycles. The van der Waals surface area contributed by atoms with Gasteiger partial charge in [0.15, 0.2) is 0 Å². The summed E-state index contributed by atoms with van der Waals surface area (Å²) < 4.78 is 0. The summed E-state index contributed by atoms with van der Waals surface area (Å²) in [7, 11) is 0. The van der Waals surface area contributed by atoms with Gasteiger partial charge in [-0.2, -0.15) is 0 Å². The van der Waals surface area contributed by atoms with Crippen molar-refractivity contribution in [2.75, 3.05) is 19.6 Å². The molecule has 0 saturated carbocycles. The van der Waals surface area contributed by atoms with E-state index in [1.807, 2.05) is 4.90 Å². The minimum absolute atomic E-state index is 0.0420. The maximum absolute atomic E-state index is 12.6. The Balaban J connectivity index is 2.06. The third-order valence-electron chi connectivity index (χ3n) is 3.94. The van der Waals surface area contributed by atoms with Crippen molar-refractivity contribution in [1.82, 2.24) is 10.2 Å². The van der Waals surface area contributed by atoms with Crippen LogP contribution in [0.5, 0.6) is 0 Å². The van der Waals surface area contributed by atoms with Crippen LogP contribution in [0.15, 0.2) is 24.3 Å². The molecule has 0 aromatic heterocycles. The van der Waals surface area contributed by atoms with E-state index in [1.54, 1.807) is 24.3 Å². The van der Waals surface area contributed by atoms with Crippen LogP contribution in [-0.2, 0) is 0 Å². The number of nitrogens with zero attached hydrogens (tertiary/aromatic N) is 1. The molecule has 1 saturated heterocycles. The summed E-state index contributed by atoms with van der Waals surface area (Å²) in [6, 6.07) is 7.06. The van der Waals surface area contributed by atoms with Gasteiger partial charge in [-0.15, -0.1) is 0 Å². The van der Waals surface area contributed by atoms with E-state index >= 15 is 0 Å². The molecule has 4 heteroatoms. The minimum atomic E-state index is -0.112. The lowest BCUT2D eigenvalue weighted by Crippen LogP contribution is -2.32. The standard InChI is InChI=1S/C18H26N2O2/c1-14(2)13-19-17(21)15-8-7-9-16(12-15)18(22)20-10-5-3-4-6-11-20/h7-9,12,14H,3-6,10-11,13H2,1-2H3,(H,19,21). The molecule has 1 aliphatic rings. The van der Waals surface area contributed by atoms with E-state index in [9.17, 15) is 9.59 Å². The fourth-order valence-electron chi connectivity index (χ4n) is 2.65. The molecule has 1 fully saturated rings. The summed E-state index contributed by atoms with van der Waals surface area (Å²) >= 11 is 0. The molecular formula is C18H26N2O2. The largest absolute Gasteiger partial charge is 0.352 e. The first-order valence-corrected chi connectivity index (χ1v) is 8.25. The van der Waals surface area contributed by atoms with E-state index in [4.69, 9.17) is 0 Å². The van der Waals surface area contributed by atoms with Crippen LogP contribution >= 0.6 is 0 Å². The number of hydrogen-bond acceptors (Lipinski definition) is 2. The molecule has 2 rings (SSSR count). The predicted molar refractivity (Wildman–Crippen MR) is 88.0 cm³/mol. The second-order valence-corrected chi connectivity index (χ2v) is 6.39. The van der Waals surface area contributed by atoms with Crippen molar-refractivity contribution in [3.63, 3.8) is 0 Å². The lowest BCUT2D eigenvalue weighted by Gasteiger charge is -2.20. The van der Waals surface area contributed by atoms with Gasteiger partial charge in [0, 0.05) is 30.8 Å². The molecule has 0 spiro atoms. The molecule has 4 nitrogen and oxygen atoms in total. The number of likely N-dealkylation sites (tertiary alicyclic amines) is 1. The van der Waals surface area contributed by atoms with E-state index in [0.29, 0.717) is 23.6 Å². The van der Waals surface area contributed by atoms with Gasteiger partial charge in [0.05, 0.1) is 0 Å². The molecule has 1 N–H and O–H groups in total. The molecule has 1 heterocycles. The highest BCUT2D eigenvalue weighted by molar-refractivity contribution is 5.99. The van der Waals surface area contributed by atoms with Crippen LogP contribution in [0.1, 0.15) is 60.2 Å².